The number of nitrogens with one attached hydrogen (secondary N) is 1. The Bertz CT molecular complexity index is 513. The van der Waals surface area contributed by atoms with Crippen LogP contribution in [0.4, 0.5) is 0 Å². The first-order valence-electron chi connectivity index (χ1n) is 6.82. The van der Waals surface area contributed by atoms with Gasteiger partial charge in [0, 0.05) is 0 Å². The zero-order chi connectivity index (χ0) is 16.0. The van der Waals surface area contributed by atoms with Gasteiger partial charge in [0.2, 0.25) is 5.91 Å². The Hall–Kier alpha value is -2.24. The van der Waals surface area contributed by atoms with E-state index in [-0.39, 0.29) is 17.8 Å². The van der Waals surface area contributed by atoms with Gasteiger partial charge in [0.15, 0.2) is 5.84 Å². The highest BCUT2D eigenvalue weighted by molar-refractivity contribution is 6.06. The van der Waals surface area contributed by atoms with Gasteiger partial charge in [-0.2, -0.15) is 0 Å². The first-order chi connectivity index (χ1) is 9.88. The number of amidine groups is 1. The minimum atomic E-state index is -1.03. The van der Waals surface area contributed by atoms with Crippen LogP contribution in [0.15, 0.2) is 29.4 Å². The number of carbonyl (C=O) groups excluding carboxylic acids is 1. The van der Waals surface area contributed by atoms with Gasteiger partial charge in [0.25, 0.3) is 0 Å². The number of hydrogen-bond donors (Lipinski definition) is 3. The van der Waals surface area contributed by atoms with E-state index in [9.17, 15) is 4.79 Å². The molecule has 1 amide bonds. The summed E-state index contributed by atoms with van der Waals surface area (Å²) in [6, 6.07) is 7.24. The molecule has 6 heteroatoms. The number of carbonyl (C=O) groups is 1. The molecular formula is C15H23N3O3. The fourth-order valence-corrected chi connectivity index (χ4v) is 1.90. The van der Waals surface area contributed by atoms with Crippen LogP contribution in [0.1, 0.15) is 38.8 Å². The van der Waals surface area contributed by atoms with Crippen molar-refractivity contribution in [2.75, 3.05) is 7.11 Å². The highest BCUT2D eigenvalue weighted by Crippen LogP contribution is 2.24. The van der Waals surface area contributed by atoms with Gasteiger partial charge in [-0.1, -0.05) is 24.2 Å². The van der Waals surface area contributed by atoms with E-state index in [1.807, 2.05) is 38.1 Å². The average molecular weight is 293 g/mol. The molecule has 2 unspecified atom stereocenters. The summed E-state index contributed by atoms with van der Waals surface area (Å²) in [6.07, 6.45) is 0.435. The minimum Gasteiger partial charge on any atom is -0.497 e. The second-order valence-corrected chi connectivity index (χ2v) is 5.14. The molecule has 1 aromatic rings. The number of ether oxygens (including phenoxy) is 1. The van der Waals surface area contributed by atoms with Crippen LogP contribution in [0, 0.1) is 5.41 Å². The van der Waals surface area contributed by atoms with Crippen LogP contribution in [0.3, 0.4) is 0 Å². The van der Waals surface area contributed by atoms with Crippen LogP contribution in [-0.2, 0) is 4.79 Å². The molecule has 1 rings (SSSR count). The second-order valence-electron chi connectivity index (χ2n) is 5.14. The maximum Gasteiger partial charge on any atom is 0.234 e. The third-order valence-electron chi connectivity index (χ3n) is 3.84. The third kappa shape index (κ3) is 3.65. The molecule has 21 heavy (non-hydrogen) atoms. The Morgan fingerprint density at radius 2 is 2.05 bits per heavy atom. The number of nitrogens with zero attached hydrogens (tertiary/aromatic N) is 1. The van der Waals surface area contributed by atoms with Crippen LogP contribution in [0.25, 0.3) is 0 Å². The first-order valence-corrected chi connectivity index (χ1v) is 6.82. The zero-order valence-electron chi connectivity index (χ0n) is 12.9. The number of benzene rings is 1. The lowest BCUT2D eigenvalue weighted by Gasteiger charge is -2.27. The molecule has 1 aromatic carbocycles. The Kier molecular flexibility index (Phi) is 5.58. The van der Waals surface area contributed by atoms with Gasteiger partial charge in [0.1, 0.15) is 11.2 Å². The van der Waals surface area contributed by atoms with E-state index in [2.05, 4.69) is 10.5 Å². The molecule has 0 spiro atoms. The van der Waals surface area contributed by atoms with E-state index in [1.165, 1.54) is 0 Å². The lowest BCUT2D eigenvalue weighted by atomic mass is 9.84. The molecule has 4 N–H and O–H groups in total. The summed E-state index contributed by atoms with van der Waals surface area (Å²) in [7, 11) is 1.60. The molecule has 116 valence electrons. The van der Waals surface area contributed by atoms with Crippen LogP contribution < -0.4 is 15.8 Å². The van der Waals surface area contributed by atoms with Crippen molar-refractivity contribution in [3.8, 4) is 5.75 Å². The lowest BCUT2D eigenvalue weighted by molar-refractivity contribution is -0.127. The van der Waals surface area contributed by atoms with Crippen LogP contribution in [0.2, 0.25) is 0 Å². The molecule has 2 atom stereocenters. The van der Waals surface area contributed by atoms with Crippen molar-refractivity contribution in [3.05, 3.63) is 29.8 Å². The van der Waals surface area contributed by atoms with E-state index >= 15 is 0 Å². The topological polar surface area (TPSA) is 96.9 Å². The molecule has 0 saturated heterocycles. The summed E-state index contributed by atoms with van der Waals surface area (Å²) in [5.41, 5.74) is 5.55. The van der Waals surface area contributed by atoms with E-state index in [1.54, 1.807) is 14.0 Å². The van der Waals surface area contributed by atoms with Gasteiger partial charge in [-0.15, -0.1) is 0 Å². The van der Waals surface area contributed by atoms with Crippen molar-refractivity contribution in [3.63, 3.8) is 0 Å². The number of amides is 1. The molecule has 0 bridgehead atoms. The molecule has 0 fully saturated rings. The van der Waals surface area contributed by atoms with Gasteiger partial charge in [-0.3, -0.25) is 4.79 Å². The Balaban J connectivity index is 2.85. The summed E-state index contributed by atoms with van der Waals surface area (Å²) in [5, 5.41) is 14.7. The summed E-state index contributed by atoms with van der Waals surface area (Å²) in [5.74, 6) is 0.389. The fourth-order valence-electron chi connectivity index (χ4n) is 1.90. The van der Waals surface area contributed by atoms with Crippen LogP contribution in [0.5, 0.6) is 5.75 Å². The van der Waals surface area contributed by atoms with E-state index < -0.39 is 5.41 Å². The molecule has 0 saturated carbocycles. The van der Waals surface area contributed by atoms with Gasteiger partial charge in [-0.05, 0) is 38.0 Å². The van der Waals surface area contributed by atoms with E-state index in [4.69, 9.17) is 15.7 Å². The summed E-state index contributed by atoms with van der Waals surface area (Å²) >= 11 is 0. The molecule has 6 nitrogen and oxygen atoms in total. The second kappa shape index (κ2) is 6.97. The predicted octanol–water partition coefficient (Wildman–Crippen LogP) is 2.04. The molecule has 0 aliphatic rings. The summed E-state index contributed by atoms with van der Waals surface area (Å²) in [6.45, 7) is 5.34. The quantitative estimate of drug-likeness (QED) is 0.323. The summed E-state index contributed by atoms with van der Waals surface area (Å²) < 4.78 is 5.10. The van der Waals surface area contributed by atoms with Crippen molar-refractivity contribution in [2.24, 2.45) is 16.3 Å². The largest absolute Gasteiger partial charge is 0.497 e. The minimum absolute atomic E-state index is 0.0931. The molecular weight excluding hydrogens is 270 g/mol. The van der Waals surface area contributed by atoms with E-state index in [0.29, 0.717) is 6.42 Å². The molecule has 0 aliphatic heterocycles. The van der Waals surface area contributed by atoms with Crippen molar-refractivity contribution < 1.29 is 14.7 Å². The highest BCUT2D eigenvalue weighted by atomic mass is 16.5. The standard InChI is InChI=1S/C15H23N3O3/c1-5-15(3,13(16)18-20)14(19)17-10(2)11-6-8-12(21-4)9-7-11/h6-10,20H,5H2,1-4H3,(H2,16,18)(H,17,19). The van der Waals surface area contributed by atoms with Gasteiger partial charge in [-0.25, -0.2) is 0 Å². The first kappa shape index (κ1) is 16.8. The predicted molar refractivity (Wildman–Crippen MR) is 81.4 cm³/mol. The lowest BCUT2D eigenvalue weighted by Crippen LogP contribution is -2.48. The maximum atomic E-state index is 12.4. The molecule has 0 heterocycles. The third-order valence-corrected chi connectivity index (χ3v) is 3.84. The Morgan fingerprint density at radius 1 is 1.48 bits per heavy atom. The van der Waals surface area contributed by atoms with Gasteiger partial charge in [0.05, 0.1) is 13.2 Å². The number of hydrogen-bond acceptors (Lipinski definition) is 4. The fraction of sp³-hybridized carbons (Fsp3) is 0.467. The van der Waals surface area contributed by atoms with Gasteiger partial charge >= 0.3 is 0 Å². The van der Waals surface area contributed by atoms with Crippen LogP contribution >= 0.6 is 0 Å². The maximum absolute atomic E-state index is 12.4. The number of methoxy groups -OCH3 is 1. The van der Waals surface area contributed by atoms with Crippen molar-refractivity contribution in [1.29, 1.82) is 0 Å². The highest BCUT2D eigenvalue weighted by Gasteiger charge is 2.37. The smallest absolute Gasteiger partial charge is 0.234 e. The van der Waals surface area contributed by atoms with E-state index in [0.717, 1.165) is 11.3 Å². The normalized spacial score (nSPS) is 15.9. The number of rotatable bonds is 6. The van der Waals surface area contributed by atoms with Crippen LogP contribution in [-0.4, -0.2) is 24.1 Å². The number of oxime groups is 1. The SMILES string of the molecule is CCC(C)(C(=O)NC(C)c1ccc(OC)cc1)/C(N)=N/O. The molecule has 0 aliphatic carbocycles. The zero-order valence-corrected chi connectivity index (χ0v) is 12.9. The van der Waals surface area contributed by atoms with Crippen molar-refractivity contribution in [2.45, 2.75) is 33.2 Å². The molecule has 0 aromatic heterocycles. The number of nitrogens with two attached hydrogens (primary N) is 1. The molecule has 0 radical (unpaired) electrons. The van der Waals surface area contributed by atoms with Crippen molar-refractivity contribution in [1.82, 2.24) is 5.32 Å². The monoisotopic (exact) mass is 293 g/mol. The Labute approximate surface area is 125 Å². The van der Waals surface area contributed by atoms with Crippen molar-refractivity contribution >= 4 is 11.7 Å². The summed E-state index contributed by atoms with van der Waals surface area (Å²) in [4.78, 5) is 12.4. The average Bonchev–Trinajstić information content (AvgIpc) is 2.52. The Morgan fingerprint density at radius 3 is 2.48 bits per heavy atom. The van der Waals surface area contributed by atoms with Gasteiger partial charge < -0.3 is 21.0 Å².